The first kappa shape index (κ1) is 12.6. The van der Waals surface area contributed by atoms with Gasteiger partial charge >= 0.3 is 0 Å². The summed E-state index contributed by atoms with van der Waals surface area (Å²) in [5.74, 6) is 0.638. The van der Waals surface area contributed by atoms with Crippen LogP contribution in [0.15, 0.2) is 22.7 Å². The molecule has 1 aliphatic carbocycles. The van der Waals surface area contributed by atoms with E-state index in [1.54, 1.807) is 0 Å². The first-order chi connectivity index (χ1) is 8.08. The molecule has 0 aliphatic heterocycles. The predicted octanol–water partition coefficient (Wildman–Crippen LogP) is 3.68. The van der Waals surface area contributed by atoms with E-state index in [9.17, 15) is 4.79 Å². The molecule has 2 nitrogen and oxygen atoms in total. The van der Waals surface area contributed by atoms with Crippen molar-refractivity contribution in [3.63, 3.8) is 0 Å². The van der Waals surface area contributed by atoms with Gasteiger partial charge in [0.15, 0.2) is 0 Å². The van der Waals surface area contributed by atoms with Gasteiger partial charge in [0.1, 0.15) is 0 Å². The van der Waals surface area contributed by atoms with E-state index in [-0.39, 0.29) is 5.91 Å². The molecule has 2 rings (SSSR count). The third kappa shape index (κ3) is 2.89. The number of aryl methyl sites for hydroxylation is 1. The number of nitrogens with one attached hydrogen (secondary N) is 1. The van der Waals surface area contributed by atoms with Gasteiger partial charge in [-0.2, -0.15) is 0 Å². The maximum Gasteiger partial charge on any atom is 0.252 e. The lowest BCUT2D eigenvalue weighted by atomic mass is 10.1. The van der Waals surface area contributed by atoms with Crippen molar-refractivity contribution in [2.45, 2.75) is 39.2 Å². The Morgan fingerprint density at radius 3 is 2.76 bits per heavy atom. The molecular weight excluding hydrogens is 278 g/mol. The van der Waals surface area contributed by atoms with Crippen molar-refractivity contribution in [2.75, 3.05) is 0 Å². The Labute approximate surface area is 111 Å². The topological polar surface area (TPSA) is 29.1 Å². The fourth-order valence-corrected chi connectivity index (χ4v) is 3.08. The van der Waals surface area contributed by atoms with Crippen molar-refractivity contribution in [3.05, 3.63) is 33.8 Å². The van der Waals surface area contributed by atoms with Crippen LogP contribution < -0.4 is 5.32 Å². The van der Waals surface area contributed by atoms with E-state index in [0.29, 0.717) is 12.0 Å². The summed E-state index contributed by atoms with van der Waals surface area (Å²) in [6, 6.07) is 6.18. The number of hydrogen-bond donors (Lipinski definition) is 1. The summed E-state index contributed by atoms with van der Waals surface area (Å²) in [6.45, 7) is 4.23. The van der Waals surface area contributed by atoms with Gasteiger partial charge in [-0.1, -0.05) is 19.4 Å². The smallest absolute Gasteiger partial charge is 0.252 e. The van der Waals surface area contributed by atoms with Gasteiger partial charge in [0.05, 0.1) is 5.56 Å². The Bertz CT molecular complexity index is 430. The molecule has 92 valence electrons. The largest absolute Gasteiger partial charge is 0.349 e. The summed E-state index contributed by atoms with van der Waals surface area (Å²) < 4.78 is 0.876. The molecule has 0 saturated heterocycles. The van der Waals surface area contributed by atoms with Crippen LogP contribution in [0.3, 0.4) is 0 Å². The first-order valence-corrected chi connectivity index (χ1v) is 6.94. The Balaban J connectivity index is 2.09. The van der Waals surface area contributed by atoms with Crippen molar-refractivity contribution in [1.29, 1.82) is 0 Å². The number of benzene rings is 1. The Kier molecular flexibility index (Phi) is 3.87. The Hall–Kier alpha value is -0.830. The van der Waals surface area contributed by atoms with Crippen LogP contribution >= 0.6 is 15.9 Å². The van der Waals surface area contributed by atoms with Gasteiger partial charge in [0.25, 0.3) is 5.91 Å². The molecule has 1 saturated carbocycles. The highest BCUT2D eigenvalue weighted by atomic mass is 79.9. The van der Waals surface area contributed by atoms with Crippen LogP contribution in [-0.2, 0) is 0 Å². The van der Waals surface area contributed by atoms with Crippen molar-refractivity contribution < 1.29 is 4.79 Å². The van der Waals surface area contributed by atoms with Crippen molar-refractivity contribution >= 4 is 21.8 Å². The van der Waals surface area contributed by atoms with E-state index in [0.717, 1.165) is 22.0 Å². The molecule has 0 spiro atoms. The lowest BCUT2D eigenvalue weighted by Crippen LogP contribution is -2.36. The molecule has 2 atom stereocenters. The van der Waals surface area contributed by atoms with Gasteiger partial charge in [-0.25, -0.2) is 0 Å². The second-order valence-electron chi connectivity index (χ2n) is 4.97. The third-order valence-electron chi connectivity index (χ3n) is 3.55. The Morgan fingerprint density at radius 1 is 1.41 bits per heavy atom. The first-order valence-electron chi connectivity index (χ1n) is 6.15. The zero-order valence-electron chi connectivity index (χ0n) is 10.3. The van der Waals surface area contributed by atoms with Crippen LogP contribution in [0.1, 0.15) is 42.1 Å². The van der Waals surface area contributed by atoms with Crippen molar-refractivity contribution in [3.8, 4) is 0 Å². The molecule has 0 bridgehead atoms. The standard InChI is InChI=1S/C14H18BrNO/c1-9-6-7-11(12(15)8-9)14(17)16-13-5-3-4-10(13)2/h6-8,10,13H,3-5H2,1-2H3,(H,16,17). The monoisotopic (exact) mass is 295 g/mol. The number of hydrogen-bond acceptors (Lipinski definition) is 1. The zero-order valence-corrected chi connectivity index (χ0v) is 11.9. The van der Waals surface area contributed by atoms with E-state index in [1.807, 2.05) is 25.1 Å². The molecule has 3 heteroatoms. The molecule has 1 aromatic rings. The molecule has 0 heterocycles. The highest BCUT2D eigenvalue weighted by Crippen LogP contribution is 2.26. The minimum Gasteiger partial charge on any atom is -0.349 e. The minimum absolute atomic E-state index is 0.0376. The van der Waals surface area contributed by atoms with E-state index in [1.165, 1.54) is 12.8 Å². The summed E-state index contributed by atoms with van der Waals surface area (Å²) in [6.07, 6.45) is 3.55. The zero-order chi connectivity index (χ0) is 12.4. The summed E-state index contributed by atoms with van der Waals surface area (Å²) in [4.78, 5) is 12.1. The fraction of sp³-hybridized carbons (Fsp3) is 0.500. The third-order valence-corrected chi connectivity index (χ3v) is 4.20. The average Bonchev–Trinajstić information content (AvgIpc) is 2.64. The van der Waals surface area contributed by atoms with E-state index < -0.39 is 0 Å². The molecule has 0 aromatic heterocycles. The molecule has 17 heavy (non-hydrogen) atoms. The van der Waals surface area contributed by atoms with Crippen molar-refractivity contribution in [1.82, 2.24) is 5.32 Å². The molecule has 2 unspecified atom stereocenters. The van der Waals surface area contributed by atoms with Crippen LogP contribution in [0.5, 0.6) is 0 Å². The van der Waals surface area contributed by atoms with Crippen LogP contribution in [-0.4, -0.2) is 11.9 Å². The number of carbonyl (C=O) groups excluding carboxylic acids is 1. The van der Waals surface area contributed by atoms with Gasteiger partial charge in [0, 0.05) is 10.5 Å². The summed E-state index contributed by atoms with van der Waals surface area (Å²) in [5.41, 5.74) is 1.89. The predicted molar refractivity (Wildman–Crippen MR) is 73.1 cm³/mol. The highest BCUT2D eigenvalue weighted by Gasteiger charge is 2.25. The quantitative estimate of drug-likeness (QED) is 0.886. The lowest BCUT2D eigenvalue weighted by Gasteiger charge is -2.17. The number of carbonyl (C=O) groups is 1. The molecular formula is C14H18BrNO. The van der Waals surface area contributed by atoms with Gasteiger partial charge in [-0.05, 0) is 59.3 Å². The van der Waals surface area contributed by atoms with Crippen LogP contribution in [0.2, 0.25) is 0 Å². The van der Waals surface area contributed by atoms with Gasteiger partial charge in [-0.3, -0.25) is 4.79 Å². The molecule has 0 radical (unpaired) electrons. The minimum atomic E-state index is 0.0376. The summed E-state index contributed by atoms with van der Waals surface area (Å²) in [7, 11) is 0. The molecule has 1 aromatic carbocycles. The van der Waals surface area contributed by atoms with Gasteiger partial charge in [0.2, 0.25) is 0 Å². The van der Waals surface area contributed by atoms with Gasteiger partial charge < -0.3 is 5.32 Å². The maximum atomic E-state index is 12.1. The van der Waals surface area contributed by atoms with Crippen molar-refractivity contribution in [2.24, 2.45) is 5.92 Å². The van der Waals surface area contributed by atoms with E-state index >= 15 is 0 Å². The highest BCUT2D eigenvalue weighted by molar-refractivity contribution is 9.10. The normalized spacial score (nSPS) is 23.7. The molecule has 1 aliphatic rings. The average molecular weight is 296 g/mol. The SMILES string of the molecule is Cc1ccc(C(=O)NC2CCCC2C)c(Br)c1. The second-order valence-corrected chi connectivity index (χ2v) is 5.83. The molecule has 1 amide bonds. The molecule has 1 fully saturated rings. The summed E-state index contributed by atoms with van der Waals surface area (Å²) >= 11 is 3.45. The summed E-state index contributed by atoms with van der Waals surface area (Å²) in [5, 5.41) is 3.14. The number of halogens is 1. The fourth-order valence-electron chi connectivity index (χ4n) is 2.41. The van der Waals surface area contributed by atoms with Crippen LogP contribution in [0.4, 0.5) is 0 Å². The number of rotatable bonds is 2. The van der Waals surface area contributed by atoms with Gasteiger partial charge in [-0.15, -0.1) is 0 Å². The van der Waals surface area contributed by atoms with Crippen LogP contribution in [0.25, 0.3) is 0 Å². The Morgan fingerprint density at radius 2 is 2.18 bits per heavy atom. The number of amides is 1. The lowest BCUT2D eigenvalue weighted by molar-refractivity contribution is 0.0929. The van der Waals surface area contributed by atoms with E-state index in [2.05, 4.69) is 28.2 Å². The second kappa shape index (κ2) is 5.21. The molecule has 1 N–H and O–H groups in total. The van der Waals surface area contributed by atoms with Crippen LogP contribution in [0, 0.1) is 12.8 Å². The van der Waals surface area contributed by atoms with E-state index in [4.69, 9.17) is 0 Å². The maximum absolute atomic E-state index is 12.1.